The minimum absolute atomic E-state index is 0.0284. The number of carboxylic acid groups (broad SMARTS) is 1. The van der Waals surface area contributed by atoms with Gasteiger partial charge in [0.1, 0.15) is 0 Å². The Morgan fingerprint density at radius 2 is 1.69 bits per heavy atom. The van der Waals surface area contributed by atoms with Crippen molar-refractivity contribution in [2.45, 2.75) is 44.9 Å². The Balaban J connectivity index is 1.95. The molecule has 0 aromatic carbocycles. The molecule has 74 valence electrons. The number of hydrogen-bond acceptors (Lipinski definition) is 1. The first-order chi connectivity index (χ1) is 6.27. The molecule has 0 aromatic rings. The normalized spacial score (nSPS) is 39.5. The van der Waals surface area contributed by atoms with Crippen molar-refractivity contribution in [1.82, 2.24) is 0 Å². The molecule has 0 bridgehead atoms. The van der Waals surface area contributed by atoms with Crippen LogP contribution in [0.2, 0.25) is 0 Å². The summed E-state index contributed by atoms with van der Waals surface area (Å²) in [5, 5.41) is 8.93. The Labute approximate surface area is 79.3 Å². The number of carboxylic acids is 1. The Morgan fingerprint density at radius 1 is 1.00 bits per heavy atom. The van der Waals surface area contributed by atoms with Crippen LogP contribution in [0.25, 0.3) is 0 Å². The quantitative estimate of drug-likeness (QED) is 0.677. The average molecular weight is 182 g/mol. The van der Waals surface area contributed by atoms with Gasteiger partial charge in [0.25, 0.3) is 0 Å². The van der Waals surface area contributed by atoms with Crippen molar-refractivity contribution >= 4 is 5.97 Å². The molecule has 3 atom stereocenters. The summed E-state index contributed by atoms with van der Waals surface area (Å²) in [7, 11) is 0. The maximum absolute atomic E-state index is 10.8. The van der Waals surface area contributed by atoms with Gasteiger partial charge in [-0.15, -0.1) is 0 Å². The van der Waals surface area contributed by atoms with Crippen molar-refractivity contribution < 1.29 is 9.90 Å². The number of carbonyl (C=O) groups is 1. The van der Waals surface area contributed by atoms with E-state index in [9.17, 15) is 4.79 Å². The maximum atomic E-state index is 10.8. The molecule has 2 saturated carbocycles. The predicted molar refractivity (Wildman–Crippen MR) is 50.4 cm³/mol. The second-order valence-electron chi connectivity index (χ2n) is 4.65. The summed E-state index contributed by atoms with van der Waals surface area (Å²) in [6.45, 7) is 0. The van der Waals surface area contributed by atoms with Gasteiger partial charge in [-0.2, -0.15) is 0 Å². The van der Waals surface area contributed by atoms with Crippen LogP contribution >= 0.6 is 0 Å². The van der Waals surface area contributed by atoms with Crippen molar-refractivity contribution in [3.63, 3.8) is 0 Å². The molecule has 0 aromatic heterocycles. The first-order valence-electron chi connectivity index (χ1n) is 5.50. The Bertz CT molecular complexity index is 200. The molecule has 2 fully saturated rings. The van der Waals surface area contributed by atoms with Crippen molar-refractivity contribution in [1.29, 1.82) is 0 Å². The van der Waals surface area contributed by atoms with Gasteiger partial charge >= 0.3 is 5.97 Å². The maximum Gasteiger partial charge on any atom is 0.306 e. The van der Waals surface area contributed by atoms with E-state index in [1.54, 1.807) is 0 Å². The Hall–Kier alpha value is -0.530. The fraction of sp³-hybridized carbons (Fsp3) is 0.909. The van der Waals surface area contributed by atoms with Crippen LogP contribution in [-0.4, -0.2) is 11.1 Å². The lowest BCUT2D eigenvalue weighted by Crippen LogP contribution is -2.31. The van der Waals surface area contributed by atoms with Crippen LogP contribution in [0.1, 0.15) is 44.9 Å². The number of fused-ring (bicyclic) bond motifs is 1. The third kappa shape index (κ3) is 1.87. The van der Waals surface area contributed by atoms with Gasteiger partial charge in [0.15, 0.2) is 0 Å². The third-order valence-electron chi connectivity index (χ3n) is 3.89. The summed E-state index contributed by atoms with van der Waals surface area (Å²) in [4.78, 5) is 10.8. The van der Waals surface area contributed by atoms with Gasteiger partial charge in [-0.1, -0.05) is 25.7 Å². The first-order valence-corrected chi connectivity index (χ1v) is 5.50. The van der Waals surface area contributed by atoms with Gasteiger partial charge in [0.2, 0.25) is 0 Å². The Morgan fingerprint density at radius 3 is 2.38 bits per heavy atom. The summed E-state index contributed by atoms with van der Waals surface area (Å²) in [5.74, 6) is 1.01. The zero-order valence-corrected chi connectivity index (χ0v) is 8.04. The van der Waals surface area contributed by atoms with Gasteiger partial charge in [-0.25, -0.2) is 0 Å². The van der Waals surface area contributed by atoms with E-state index in [1.807, 2.05) is 0 Å². The molecule has 0 radical (unpaired) electrons. The summed E-state index contributed by atoms with van der Waals surface area (Å²) in [6, 6.07) is 0. The highest BCUT2D eigenvalue weighted by atomic mass is 16.4. The van der Waals surface area contributed by atoms with E-state index >= 15 is 0 Å². The first kappa shape index (κ1) is 9.04. The third-order valence-corrected chi connectivity index (χ3v) is 3.89. The van der Waals surface area contributed by atoms with Gasteiger partial charge in [0, 0.05) is 0 Å². The summed E-state index contributed by atoms with van der Waals surface area (Å²) in [6.07, 6.45) is 8.40. The smallest absolute Gasteiger partial charge is 0.306 e. The van der Waals surface area contributed by atoms with Crippen molar-refractivity contribution in [2.24, 2.45) is 17.8 Å². The van der Waals surface area contributed by atoms with E-state index < -0.39 is 5.97 Å². The van der Waals surface area contributed by atoms with Gasteiger partial charge in [-0.05, 0) is 31.1 Å². The molecular weight excluding hydrogens is 164 g/mol. The highest BCUT2D eigenvalue weighted by Crippen LogP contribution is 2.42. The molecule has 13 heavy (non-hydrogen) atoms. The largest absolute Gasteiger partial charge is 0.481 e. The molecule has 2 rings (SSSR count). The van der Waals surface area contributed by atoms with E-state index in [0.29, 0.717) is 0 Å². The molecule has 2 aliphatic carbocycles. The predicted octanol–water partition coefficient (Wildman–Crippen LogP) is 2.68. The highest BCUT2D eigenvalue weighted by Gasteiger charge is 2.34. The number of rotatable bonds is 1. The summed E-state index contributed by atoms with van der Waals surface area (Å²) >= 11 is 0. The topological polar surface area (TPSA) is 37.3 Å². The highest BCUT2D eigenvalue weighted by molar-refractivity contribution is 5.70. The summed E-state index contributed by atoms with van der Waals surface area (Å²) in [5.41, 5.74) is 0. The van der Waals surface area contributed by atoms with E-state index in [-0.39, 0.29) is 5.92 Å². The lowest BCUT2D eigenvalue weighted by Gasteiger charge is -2.37. The number of hydrogen-bond donors (Lipinski definition) is 1. The van der Waals surface area contributed by atoms with Crippen LogP contribution in [0.15, 0.2) is 0 Å². The van der Waals surface area contributed by atoms with E-state index in [4.69, 9.17) is 5.11 Å². The lowest BCUT2D eigenvalue weighted by atomic mass is 9.67. The van der Waals surface area contributed by atoms with Crippen LogP contribution in [0, 0.1) is 17.8 Å². The van der Waals surface area contributed by atoms with Gasteiger partial charge < -0.3 is 5.11 Å². The van der Waals surface area contributed by atoms with Crippen LogP contribution in [0.4, 0.5) is 0 Å². The molecule has 2 heteroatoms. The second-order valence-corrected chi connectivity index (χ2v) is 4.65. The Kier molecular flexibility index (Phi) is 2.56. The van der Waals surface area contributed by atoms with E-state index in [2.05, 4.69) is 0 Å². The standard InChI is InChI=1S/C11H18O2/c12-11(13)10-6-5-8-3-1-2-4-9(8)7-10/h8-10H,1-7H2,(H,12,13)/t8-,9+,10-/m1/s1. The molecule has 2 aliphatic rings. The minimum Gasteiger partial charge on any atom is -0.481 e. The molecule has 0 unspecified atom stereocenters. The van der Waals surface area contributed by atoms with Gasteiger partial charge in [0.05, 0.1) is 5.92 Å². The fourth-order valence-corrected chi connectivity index (χ4v) is 3.10. The van der Waals surface area contributed by atoms with Crippen LogP contribution < -0.4 is 0 Å². The lowest BCUT2D eigenvalue weighted by molar-refractivity contribution is -0.144. The molecule has 0 spiro atoms. The molecular formula is C11H18O2. The van der Waals surface area contributed by atoms with Crippen molar-refractivity contribution in [3.05, 3.63) is 0 Å². The molecule has 0 heterocycles. The van der Waals surface area contributed by atoms with Crippen molar-refractivity contribution in [3.8, 4) is 0 Å². The SMILES string of the molecule is O=C(O)[C@@H]1CC[C@H]2CCCC[C@H]2C1. The van der Waals surface area contributed by atoms with E-state index in [0.717, 1.165) is 24.7 Å². The fourth-order valence-electron chi connectivity index (χ4n) is 3.10. The molecule has 0 amide bonds. The van der Waals surface area contributed by atoms with Gasteiger partial charge in [-0.3, -0.25) is 4.79 Å². The van der Waals surface area contributed by atoms with Crippen LogP contribution in [0.3, 0.4) is 0 Å². The molecule has 0 saturated heterocycles. The summed E-state index contributed by atoms with van der Waals surface area (Å²) < 4.78 is 0. The number of aliphatic carboxylic acids is 1. The van der Waals surface area contributed by atoms with Crippen LogP contribution in [-0.2, 0) is 4.79 Å². The van der Waals surface area contributed by atoms with Crippen molar-refractivity contribution in [2.75, 3.05) is 0 Å². The zero-order chi connectivity index (χ0) is 9.26. The second kappa shape index (κ2) is 3.69. The minimum atomic E-state index is -0.566. The zero-order valence-electron chi connectivity index (χ0n) is 8.04. The van der Waals surface area contributed by atoms with Crippen LogP contribution in [0.5, 0.6) is 0 Å². The molecule has 0 aliphatic heterocycles. The average Bonchev–Trinajstić information content (AvgIpc) is 2.17. The molecule has 1 N–H and O–H groups in total. The molecule has 2 nitrogen and oxygen atoms in total. The van der Waals surface area contributed by atoms with E-state index in [1.165, 1.54) is 32.1 Å². The monoisotopic (exact) mass is 182 g/mol.